The molecule has 1 aliphatic rings. The summed E-state index contributed by atoms with van der Waals surface area (Å²) >= 11 is 0. The van der Waals surface area contributed by atoms with E-state index >= 15 is 0 Å². The number of fused-ring (bicyclic) bond motifs is 1. The molecule has 8 heteroatoms. The lowest BCUT2D eigenvalue weighted by atomic mass is 10.0. The molecule has 0 spiro atoms. The van der Waals surface area contributed by atoms with E-state index in [1.54, 1.807) is 31.4 Å². The van der Waals surface area contributed by atoms with Gasteiger partial charge in [-0.3, -0.25) is 0 Å². The Labute approximate surface area is 200 Å². The number of hydrogen-bond donors (Lipinski definition) is 2. The van der Waals surface area contributed by atoms with Crippen molar-refractivity contribution >= 4 is 21.7 Å². The Hall–Kier alpha value is -3.36. The normalized spacial score (nSPS) is 13.7. The number of rotatable bonds is 7. The second-order valence-electron chi connectivity index (χ2n) is 8.36. The maximum Gasteiger partial charge on any atom is 0.319 e. The van der Waals surface area contributed by atoms with Gasteiger partial charge in [0.25, 0.3) is 0 Å². The van der Waals surface area contributed by atoms with Crippen LogP contribution in [-0.4, -0.2) is 39.0 Å². The molecule has 0 saturated carbocycles. The molecule has 0 saturated heterocycles. The number of carbonyl (C=O) groups excluding carboxylic acids is 1. The first-order valence-electron chi connectivity index (χ1n) is 11.2. The Kier molecular flexibility index (Phi) is 7.19. The largest absolute Gasteiger partial charge is 0.497 e. The highest BCUT2D eigenvalue weighted by Gasteiger charge is 2.28. The van der Waals surface area contributed by atoms with Crippen LogP contribution in [0.1, 0.15) is 22.3 Å². The molecule has 34 heavy (non-hydrogen) atoms. The molecule has 0 aliphatic carbocycles. The highest BCUT2D eigenvalue weighted by molar-refractivity contribution is 7.89. The summed E-state index contributed by atoms with van der Waals surface area (Å²) in [5.74, 6) is 0.798. The predicted octanol–water partition coefficient (Wildman–Crippen LogP) is 4.11. The third-order valence-electron chi connectivity index (χ3n) is 5.96. The molecule has 7 nitrogen and oxygen atoms in total. The van der Waals surface area contributed by atoms with Crippen molar-refractivity contribution in [3.63, 3.8) is 0 Å². The molecule has 0 aromatic heterocycles. The number of amides is 2. The predicted molar refractivity (Wildman–Crippen MR) is 133 cm³/mol. The Balaban J connectivity index is 1.35. The fourth-order valence-corrected chi connectivity index (χ4v) is 5.38. The van der Waals surface area contributed by atoms with Gasteiger partial charge in [0, 0.05) is 25.3 Å². The number of ether oxygens (including phenoxy) is 1. The molecule has 178 valence electrons. The molecule has 0 atom stereocenters. The minimum Gasteiger partial charge on any atom is -0.497 e. The van der Waals surface area contributed by atoms with Crippen LogP contribution in [0, 0.1) is 6.92 Å². The van der Waals surface area contributed by atoms with Crippen molar-refractivity contribution in [1.29, 1.82) is 0 Å². The van der Waals surface area contributed by atoms with Gasteiger partial charge in [-0.05, 0) is 72.9 Å². The van der Waals surface area contributed by atoms with Crippen LogP contribution >= 0.6 is 0 Å². The summed E-state index contributed by atoms with van der Waals surface area (Å²) in [4.78, 5) is 12.7. The topological polar surface area (TPSA) is 87.7 Å². The number of carbonyl (C=O) groups is 1. The lowest BCUT2D eigenvalue weighted by molar-refractivity contribution is 0.252. The van der Waals surface area contributed by atoms with Gasteiger partial charge in [0.15, 0.2) is 0 Å². The fourth-order valence-electron chi connectivity index (χ4n) is 3.96. The maximum absolute atomic E-state index is 13.1. The summed E-state index contributed by atoms with van der Waals surface area (Å²) in [6, 6.07) is 20.0. The van der Waals surface area contributed by atoms with E-state index in [2.05, 4.69) is 10.6 Å². The van der Waals surface area contributed by atoms with Gasteiger partial charge in [-0.2, -0.15) is 4.31 Å². The van der Waals surface area contributed by atoms with E-state index in [1.807, 2.05) is 49.4 Å². The molecule has 0 radical (unpaired) electrons. The average molecular weight is 480 g/mol. The molecule has 2 N–H and O–H groups in total. The lowest BCUT2D eigenvalue weighted by Crippen LogP contribution is -2.36. The molecule has 4 rings (SSSR count). The zero-order chi connectivity index (χ0) is 24.1. The van der Waals surface area contributed by atoms with E-state index in [0.717, 1.165) is 28.0 Å². The van der Waals surface area contributed by atoms with Gasteiger partial charge in [-0.25, -0.2) is 13.2 Å². The molecule has 0 bridgehead atoms. The van der Waals surface area contributed by atoms with Crippen LogP contribution in [0.5, 0.6) is 5.75 Å². The third-order valence-corrected chi connectivity index (χ3v) is 7.82. The number of nitrogens with zero attached hydrogens (tertiary/aromatic N) is 1. The fraction of sp³-hybridized carbons (Fsp3) is 0.269. The van der Waals surface area contributed by atoms with Crippen LogP contribution in [0.15, 0.2) is 71.6 Å². The number of nitrogens with one attached hydrogen (secondary N) is 2. The number of methoxy groups -OCH3 is 1. The molecule has 0 fully saturated rings. The second kappa shape index (κ2) is 10.3. The lowest BCUT2D eigenvalue weighted by Gasteiger charge is -2.28. The summed E-state index contributed by atoms with van der Waals surface area (Å²) < 4.78 is 32.8. The monoisotopic (exact) mass is 479 g/mol. The van der Waals surface area contributed by atoms with Crippen molar-refractivity contribution in [1.82, 2.24) is 9.62 Å². The number of anilines is 1. The number of urea groups is 1. The first-order chi connectivity index (χ1) is 16.3. The third kappa shape index (κ3) is 5.58. The van der Waals surface area contributed by atoms with Crippen molar-refractivity contribution < 1.29 is 17.9 Å². The Morgan fingerprint density at radius 2 is 1.74 bits per heavy atom. The van der Waals surface area contributed by atoms with Crippen LogP contribution in [0.25, 0.3) is 0 Å². The summed E-state index contributed by atoms with van der Waals surface area (Å²) in [6.07, 6.45) is 1.34. The number of benzene rings is 3. The highest BCUT2D eigenvalue weighted by Crippen LogP contribution is 2.27. The molecular weight excluding hydrogens is 450 g/mol. The average Bonchev–Trinajstić information content (AvgIpc) is 2.84. The Morgan fingerprint density at radius 3 is 2.44 bits per heavy atom. The smallest absolute Gasteiger partial charge is 0.319 e. The van der Waals surface area contributed by atoms with Crippen LogP contribution in [0.4, 0.5) is 10.5 Å². The number of sulfonamides is 1. The van der Waals surface area contributed by atoms with Gasteiger partial charge < -0.3 is 15.4 Å². The highest BCUT2D eigenvalue weighted by atomic mass is 32.2. The van der Waals surface area contributed by atoms with Crippen LogP contribution in [0.2, 0.25) is 0 Å². The molecular formula is C26H29N3O4S. The molecule has 0 unspecified atom stereocenters. The minimum absolute atomic E-state index is 0.278. The van der Waals surface area contributed by atoms with Crippen molar-refractivity contribution in [2.24, 2.45) is 0 Å². The van der Waals surface area contributed by atoms with E-state index in [1.165, 1.54) is 4.31 Å². The van der Waals surface area contributed by atoms with Crippen LogP contribution < -0.4 is 15.4 Å². The first-order valence-corrected chi connectivity index (χ1v) is 12.7. The first kappa shape index (κ1) is 23.8. The van der Waals surface area contributed by atoms with E-state index in [9.17, 15) is 13.2 Å². The zero-order valence-electron chi connectivity index (χ0n) is 19.4. The van der Waals surface area contributed by atoms with E-state index in [0.29, 0.717) is 36.5 Å². The molecule has 3 aromatic carbocycles. The number of hydrogen-bond acceptors (Lipinski definition) is 4. The molecule has 1 heterocycles. The van der Waals surface area contributed by atoms with E-state index < -0.39 is 10.0 Å². The Bertz CT molecular complexity index is 1260. The molecule has 3 aromatic rings. The number of aryl methyl sites for hydroxylation is 1. The van der Waals surface area contributed by atoms with Crippen molar-refractivity contribution in [3.05, 3.63) is 89.0 Å². The van der Waals surface area contributed by atoms with Gasteiger partial charge in [0.2, 0.25) is 10.0 Å². The summed E-state index contributed by atoms with van der Waals surface area (Å²) in [5, 5.41) is 5.71. The van der Waals surface area contributed by atoms with Gasteiger partial charge >= 0.3 is 6.03 Å². The van der Waals surface area contributed by atoms with Gasteiger partial charge in [-0.15, -0.1) is 0 Å². The quantitative estimate of drug-likeness (QED) is 0.534. The standard InChI is InChI=1S/C26H29N3O4S/c1-19-3-11-25(12-4-19)34(31,32)29-16-14-21-7-8-23(17-22(21)18-29)28-26(30)27-15-13-20-5-9-24(33-2)10-6-20/h3-12,17H,13-16,18H2,1-2H3,(H2,27,28,30). The van der Waals surface area contributed by atoms with Crippen LogP contribution in [-0.2, 0) is 29.4 Å². The zero-order valence-corrected chi connectivity index (χ0v) is 20.2. The summed E-state index contributed by atoms with van der Waals surface area (Å²) in [7, 11) is -1.95. The Morgan fingerprint density at radius 1 is 1.00 bits per heavy atom. The minimum atomic E-state index is -3.57. The van der Waals surface area contributed by atoms with Gasteiger partial charge in [-0.1, -0.05) is 35.9 Å². The van der Waals surface area contributed by atoms with Gasteiger partial charge in [0.05, 0.1) is 12.0 Å². The molecule has 1 aliphatic heterocycles. The van der Waals surface area contributed by atoms with Gasteiger partial charge in [0.1, 0.15) is 5.75 Å². The SMILES string of the molecule is COc1ccc(CCNC(=O)Nc2ccc3c(c2)CN(S(=O)(=O)c2ccc(C)cc2)CC3)cc1. The van der Waals surface area contributed by atoms with Crippen LogP contribution in [0.3, 0.4) is 0 Å². The van der Waals surface area contributed by atoms with Crippen molar-refractivity contribution in [2.75, 3.05) is 25.5 Å². The van der Waals surface area contributed by atoms with Crippen molar-refractivity contribution in [3.8, 4) is 5.75 Å². The van der Waals surface area contributed by atoms with E-state index in [-0.39, 0.29) is 12.6 Å². The van der Waals surface area contributed by atoms with E-state index in [4.69, 9.17) is 4.74 Å². The molecule has 2 amide bonds. The second-order valence-corrected chi connectivity index (χ2v) is 10.3. The van der Waals surface area contributed by atoms with Crippen molar-refractivity contribution in [2.45, 2.75) is 31.2 Å². The summed E-state index contributed by atoms with van der Waals surface area (Å²) in [5.41, 5.74) is 4.75. The summed E-state index contributed by atoms with van der Waals surface area (Å²) in [6.45, 7) is 3.13. The maximum atomic E-state index is 13.1.